The lowest BCUT2D eigenvalue weighted by atomic mass is 10.4. The predicted octanol–water partition coefficient (Wildman–Crippen LogP) is -0.614. The van der Waals surface area contributed by atoms with E-state index in [0.717, 1.165) is 17.4 Å². The topological polar surface area (TPSA) is 124 Å². The van der Waals surface area contributed by atoms with Gasteiger partial charge in [0.25, 0.3) is 0 Å². The number of hydrogen-bond donors (Lipinski definition) is 4. The molecule has 0 aliphatic heterocycles. The lowest BCUT2D eigenvalue weighted by Gasteiger charge is -2.13. The number of aromatic carboxylic acids is 1. The second kappa shape index (κ2) is 5.76. The van der Waals surface area contributed by atoms with Gasteiger partial charge in [-0.05, 0) is 13.0 Å². The first-order valence-electron chi connectivity index (χ1n) is 4.89. The molecule has 0 bridgehead atoms. The summed E-state index contributed by atoms with van der Waals surface area (Å²) in [6.45, 7) is 0.383. The highest BCUT2D eigenvalue weighted by atomic mass is 32.2. The molecular formula is C9H13NO6S2. The molecule has 0 aliphatic rings. The number of aryl methyl sites for hydroxylation is 1. The van der Waals surface area contributed by atoms with Crippen molar-refractivity contribution in [2.75, 3.05) is 13.2 Å². The molecule has 7 nitrogen and oxygen atoms in total. The number of thiophene rings is 1. The van der Waals surface area contributed by atoms with Crippen molar-refractivity contribution < 1.29 is 28.5 Å². The van der Waals surface area contributed by atoms with E-state index < -0.39 is 35.2 Å². The van der Waals surface area contributed by atoms with E-state index in [0.29, 0.717) is 4.88 Å². The molecule has 18 heavy (non-hydrogen) atoms. The van der Waals surface area contributed by atoms with E-state index in [1.807, 2.05) is 0 Å². The molecule has 0 saturated carbocycles. The first-order valence-corrected chi connectivity index (χ1v) is 7.19. The van der Waals surface area contributed by atoms with Gasteiger partial charge in [0.2, 0.25) is 10.0 Å². The first kappa shape index (κ1) is 15.1. The van der Waals surface area contributed by atoms with Gasteiger partial charge in [-0.1, -0.05) is 0 Å². The number of nitrogens with one attached hydrogen (secondary N) is 1. The summed E-state index contributed by atoms with van der Waals surface area (Å²) >= 11 is 0.848. The minimum Gasteiger partial charge on any atom is -0.477 e. The van der Waals surface area contributed by atoms with E-state index in [1.165, 1.54) is 6.92 Å². The van der Waals surface area contributed by atoms with Gasteiger partial charge in [-0.15, -0.1) is 11.3 Å². The molecule has 0 fully saturated rings. The summed E-state index contributed by atoms with van der Waals surface area (Å²) in [4.78, 5) is 10.8. The Labute approximate surface area is 108 Å². The number of carbonyl (C=O) groups is 1. The highest BCUT2D eigenvalue weighted by Crippen LogP contribution is 2.25. The molecule has 1 rings (SSSR count). The second-order valence-corrected chi connectivity index (χ2v) is 6.46. The molecule has 0 amide bonds. The van der Waals surface area contributed by atoms with Crippen molar-refractivity contribution in [3.8, 4) is 0 Å². The Morgan fingerprint density at radius 3 is 2.39 bits per heavy atom. The summed E-state index contributed by atoms with van der Waals surface area (Å²) in [6, 6.07) is 0.0406. The van der Waals surface area contributed by atoms with Crippen LogP contribution in [0.4, 0.5) is 0 Å². The van der Waals surface area contributed by atoms with E-state index >= 15 is 0 Å². The van der Waals surface area contributed by atoms with Gasteiger partial charge >= 0.3 is 5.97 Å². The van der Waals surface area contributed by atoms with Crippen LogP contribution in [0.15, 0.2) is 11.0 Å². The molecule has 4 N–H and O–H groups in total. The Morgan fingerprint density at radius 2 is 2.00 bits per heavy atom. The maximum Gasteiger partial charge on any atom is 0.345 e. The van der Waals surface area contributed by atoms with Crippen molar-refractivity contribution in [2.24, 2.45) is 0 Å². The molecule has 1 aromatic rings. The average molecular weight is 295 g/mol. The normalized spacial score (nSPS) is 12.0. The Hall–Kier alpha value is -1.00. The van der Waals surface area contributed by atoms with Gasteiger partial charge in [0.1, 0.15) is 4.88 Å². The molecule has 0 aliphatic carbocycles. The molecule has 0 spiro atoms. The van der Waals surface area contributed by atoms with Crippen LogP contribution in [0.3, 0.4) is 0 Å². The van der Waals surface area contributed by atoms with Crippen molar-refractivity contribution in [1.29, 1.82) is 0 Å². The summed E-state index contributed by atoms with van der Waals surface area (Å²) in [5.41, 5.74) is 0. The van der Waals surface area contributed by atoms with E-state index in [4.69, 9.17) is 15.3 Å². The lowest BCUT2D eigenvalue weighted by molar-refractivity contribution is 0.0702. The molecule has 0 unspecified atom stereocenters. The van der Waals surface area contributed by atoms with Gasteiger partial charge in [-0.2, -0.15) is 0 Å². The van der Waals surface area contributed by atoms with Gasteiger partial charge < -0.3 is 15.3 Å². The molecular weight excluding hydrogens is 282 g/mol. The summed E-state index contributed by atoms with van der Waals surface area (Å²) in [5.74, 6) is -1.20. The molecule has 0 saturated heterocycles. The first-order chi connectivity index (χ1) is 8.31. The van der Waals surface area contributed by atoms with Crippen LogP contribution in [0.2, 0.25) is 0 Å². The highest BCUT2D eigenvalue weighted by Gasteiger charge is 2.24. The number of aliphatic hydroxyl groups is 2. The van der Waals surface area contributed by atoms with Gasteiger partial charge in [0.15, 0.2) is 0 Å². The molecule has 0 aromatic carbocycles. The monoisotopic (exact) mass is 295 g/mol. The van der Waals surface area contributed by atoms with E-state index in [1.54, 1.807) is 0 Å². The summed E-state index contributed by atoms with van der Waals surface area (Å²) in [7, 11) is -3.95. The largest absolute Gasteiger partial charge is 0.477 e. The van der Waals surface area contributed by atoms with Gasteiger partial charge in [-0.25, -0.2) is 17.9 Å². The molecule has 9 heteroatoms. The third-order valence-corrected chi connectivity index (χ3v) is 4.95. The molecule has 1 heterocycles. The number of hydrogen-bond acceptors (Lipinski definition) is 6. The van der Waals surface area contributed by atoms with Crippen LogP contribution in [-0.2, 0) is 10.0 Å². The zero-order valence-corrected chi connectivity index (χ0v) is 11.1. The number of carboxylic acids is 1. The third-order valence-electron chi connectivity index (χ3n) is 2.14. The number of carboxylic acid groups (broad SMARTS) is 1. The second-order valence-electron chi connectivity index (χ2n) is 3.52. The Bertz CT molecular complexity index is 531. The van der Waals surface area contributed by atoms with Crippen LogP contribution in [-0.4, -0.2) is 49.0 Å². The fraction of sp³-hybridized carbons (Fsp3) is 0.444. The molecule has 1 aromatic heterocycles. The molecule has 102 valence electrons. The zero-order valence-electron chi connectivity index (χ0n) is 9.45. The predicted molar refractivity (Wildman–Crippen MR) is 64.3 cm³/mol. The van der Waals surface area contributed by atoms with Crippen LogP contribution in [0.25, 0.3) is 0 Å². The van der Waals surface area contributed by atoms with Crippen molar-refractivity contribution in [3.63, 3.8) is 0 Å². The van der Waals surface area contributed by atoms with Gasteiger partial charge in [-0.3, -0.25) is 0 Å². The maximum absolute atomic E-state index is 11.9. The number of aliphatic hydroxyl groups excluding tert-OH is 2. The summed E-state index contributed by atoms with van der Waals surface area (Å²) in [6.07, 6.45) is 0. The summed E-state index contributed by atoms with van der Waals surface area (Å²) in [5, 5.41) is 26.4. The Balaban J connectivity index is 3.09. The van der Waals surface area contributed by atoms with E-state index in [2.05, 4.69) is 4.72 Å². The molecule has 0 radical (unpaired) electrons. The highest BCUT2D eigenvalue weighted by molar-refractivity contribution is 7.89. The Kier molecular flexibility index (Phi) is 4.82. The van der Waals surface area contributed by atoms with Crippen molar-refractivity contribution in [2.45, 2.75) is 17.9 Å². The fourth-order valence-electron chi connectivity index (χ4n) is 1.25. The van der Waals surface area contributed by atoms with Crippen molar-refractivity contribution in [3.05, 3.63) is 15.8 Å². The minimum atomic E-state index is -3.95. The van der Waals surface area contributed by atoms with E-state index in [-0.39, 0.29) is 9.77 Å². The van der Waals surface area contributed by atoms with Gasteiger partial charge in [0.05, 0.1) is 24.2 Å². The lowest BCUT2D eigenvalue weighted by Crippen LogP contribution is -2.40. The van der Waals surface area contributed by atoms with Crippen LogP contribution >= 0.6 is 11.3 Å². The SMILES string of the molecule is Cc1sc(C(=O)O)cc1S(=O)(=O)NC(CO)CO. The standard InChI is InChI=1S/C9H13NO6S2/c1-5-8(2-7(17-5)9(13)14)18(15,16)10-6(3-11)4-12/h2,6,10-12H,3-4H2,1H3,(H,13,14). The quantitative estimate of drug-likeness (QED) is 0.555. The zero-order chi connectivity index (χ0) is 13.9. The maximum atomic E-state index is 11.9. The summed E-state index contributed by atoms with van der Waals surface area (Å²) < 4.78 is 25.9. The average Bonchev–Trinajstić information content (AvgIpc) is 2.69. The smallest absolute Gasteiger partial charge is 0.345 e. The van der Waals surface area contributed by atoms with E-state index in [9.17, 15) is 13.2 Å². The van der Waals surface area contributed by atoms with Crippen LogP contribution in [0.1, 0.15) is 14.5 Å². The minimum absolute atomic E-state index is 0.0857. The third kappa shape index (κ3) is 3.27. The van der Waals surface area contributed by atoms with Gasteiger partial charge in [0, 0.05) is 4.88 Å². The number of sulfonamides is 1. The number of rotatable bonds is 6. The fourth-order valence-corrected chi connectivity index (χ4v) is 3.90. The Morgan fingerprint density at radius 1 is 1.44 bits per heavy atom. The van der Waals surface area contributed by atoms with Crippen molar-refractivity contribution in [1.82, 2.24) is 4.72 Å². The van der Waals surface area contributed by atoms with Crippen LogP contribution in [0, 0.1) is 6.92 Å². The van der Waals surface area contributed by atoms with Crippen LogP contribution in [0.5, 0.6) is 0 Å². The van der Waals surface area contributed by atoms with Crippen LogP contribution < -0.4 is 4.72 Å². The molecule has 0 atom stereocenters. The van der Waals surface area contributed by atoms with Crippen molar-refractivity contribution >= 4 is 27.3 Å².